The van der Waals surface area contributed by atoms with Crippen LogP contribution in [0.25, 0.3) is 10.1 Å². The van der Waals surface area contributed by atoms with Gasteiger partial charge in [-0.3, -0.25) is 0 Å². The summed E-state index contributed by atoms with van der Waals surface area (Å²) < 4.78 is 6.18. The quantitative estimate of drug-likeness (QED) is 0.756. The van der Waals surface area contributed by atoms with E-state index in [4.69, 9.17) is 4.74 Å². The van der Waals surface area contributed by atoms with Crippen molar-refractivity contribution in [3.8, 4) is 11.5 Å². The number of methoxy groups -OCH3 is 1. The number of hydrogen-bond donors (Lipinski definition) is 1. The third-order valence-electron chi connectivity index (χ3n) is 2.08. The molecule has 0 aliphatic carbocycles. The molecule has 1 N–H and O–H groups in total. The summed E-state index contributed by atoms with van der Waals surface area (Å²) in [6.07, 6.45) is 0. The zero-order chi connectivity index (χ0) is 9.42. The highest BCUT2D eigenvalue weighted by atomic mass is 32.1. The van der Waals surface area contributed by atoms with Crippen molar-refractivity contribution >= 4 is 21.4 Å². The van der Waals surface area contributed by atoms with E-state index < -0.39 is 0 Å². The van der Waals surface area contributed by atoms with E-state index in [9.17, 15) is 5.11 Å². The minimum absolute atomic E-state index is 0.240. The molecule has 0 bridgehead atoms. The fourth-order valence-corrected chi connectivity index (χ4v) is 2.30. The lowest BCUT2D eigenvalue weighted by molar-refractivity contribution is 0.376. The van der Waals surface area contributed by atoms with Gasteiger partial charge < -0.3 is 9.84 Å². The molecule has 1 heterocycles. The van der Waals surface area contributed by atoms with Crippen LogP contribution in [0.1, 0.15) is 5.56 Å². The van der Waals surface area contributed by atoms with Crippen molar-refractivity contribution in [1.29, 1.82) is 0 Å². The van der Waals surface area contributed by atoms with Gasteiger partial charge in [-0.15, -0.1) is 11.3 Å². The zero-order valence-corrected chi connectivity index (χ0v) is 8.31. The second-order valence-corrected chi connectivity index (χ2v) is 3.82. The van der Waals surface area contributed by atoms with Gasteiger partial charge in [-0.05, 0) is 30.0 Å². The molecule has 0 atom stereocenters. The topological polar surface area (TPSA) is 29.5 Å². The van der Waals surface area contributed by atoms with E-state index >= 15 is 0 Å². The van der Waals surface area contributed by atoms with Gasteiger partial charge >= 0.3 is 0 Å². The first-order chi connectivity index (χ1) is 6.24. The van der Waals surface area contributed by atoms with E-state index in [1.807, 2.05) is 24.4 Å². The number of hydrogen-bond acceptors (Lipinski definition) is 3. The molecule has 0 saturated heterocycles. The van der Waals surface area contributed by atoms with Gasteiger partial charge in [0.2, 0.25) is 0 Å². The van der Waals surface area contributed by atoms with Crippen molar-refractivity contribution in [2.75, 3.05) is 7.11 Å². The van der Waals surface area contributed by atoms with Crippen molar-refractivity contribution in [1.82, 2.24) is 0 Å². The Labute approximate surface area is 80.4 Å². The molecule has 13 heavy (non-hydrogen) atoms. The molecular weight excluding hydrogens is 184 g/mol. The Hall–Kier alpha value is -1.22. The van der Waals surface area contributed by atoms with Gasteiger partial charge in [0.15, 0.2) is 11.5 Å². The molecule has 0 saturated carbocycles. The first kappa shape index (κ1) is 8.38. The van der Waals surface area contributed by atoms with E-state index in [1.165, 1.54) is 0 Å². The summed E-state index contributed by atoms with van der Waals surface area (Å²) in [5, 5.41) is 12.6. The number of fused-ring (bicyclic) bond motifs is 1. The Balaban J connectivity index is 2.85. The maximum Gasteiger partial charge on any atom is 0.166 e. The molecular formula is C10H10O2S. The molecule has 2 aromatic rings. The summed E-state index contributed by atoms with van der Waals surface area (Å²) in [6.45, 7) is 2.01. The molecule has 3 heteroatoms. The minimum atomic E-state index is 0.240. The fraction of sp³-hybridized carbons (Fsp3) is 0.200. The van der Waals surface area contributed by atoms with Crippen LogP contribution in [0.5, 0.6) is 11.5 Å². The van der Waals surface area contributed by atoms with Crippen LogP contribution < -0.4 is 4.74 Å². The third kappa shape index (κ3) is 1.16. The molecule has 2 rings (SSSR count). The average molecular weight is 194 g/mol. The molecule has 0 aliphatic heterocycles. The van der Waals surface area contributed by atoms with Gasteiger partial charge in [-0.25, -0.2) is 0 Å². The summed E-state index contributed by atoms with van der Waals surface area (Å²) in [7, 11) is 1.56. The van der Waals surface area contributed by atoms with Crippen molar-refractivity contribution in [2.45, 2.75) is 6.92 Å². The summed E-state index contributed by atoms with van der Waals surface area (Å²) in [6, 6.07) is 3.76. The van der Waals surface area contributed by atoms with Crippen molar-refractivity contribution < 1.29 is 9.84 Å². The van der Waals surface area contributed by atoms with E-state index in [0.717, 1.165) is 15.6 Å². The van der Waals surface area contributed by atoms with Crippen LogP contribution in [0, 0.1) is 6.92 Å². The van der Waals surface area contributed by atoms with E-state index in [1.54, 1.807) is 18.4 Å². The predicted molar refractivity (Wildman–Crippen MR) is 54.8 cm³/mol. The molecule has 0 amide bonds. The highest BCUT2D eigenvalue weighted by molar-refractivity contribution is 7.17. The highest BCUT2D eigenvalue weighted by Gasteiger charge is 2.09. The van der Waals surface area contributed by atoms with Crippen LogP contribution in [0.2, 0.25) is 0 Å². The van der Waals surface area contributed by atoms with Gasteiger partial charge in [0, 0.05) is 10.1 Å². The van der Waals surface area contributed by atoms with Crippen LogP contribution >= 0.6 is 11.3 Å². The molecule has 1 aromatic carbocycles. The Bertz CT molecular complexity index is 445. The van der Waals surface area contributed by atoms with Gasteiger partial charge in [0.1, 0.15) is 0 Å². The van der Waals surface area contributed by atoms with E-state index in [-0.39, 0.29) is 5.75 Å². The number of phenolic OH excluding ortho intramolecular Hbond substituents is 1. The van der Waals surface area contributed by atoms with Gasteiger partial charge in [0.25, 0.3) is 0 Å². The summed E-state index contributed by atoms with van der Waals surface area (Å²) in [4.78, 5) is 0. The number of thiophene rings is 1. The average Bonchev–Trinajstić information content (AvgIpc) is 2.60. The SMILES string of the molecule is COc1cc(C)c2sccc2c1O. The monoisotopic (exact) mass is 194 g/mol. The molecule has 0 radical (unpaired) electrons. The number of aryl methyl sites for hydroxylation is 1. The lowest BCUT2D eigenvalue weighted by atomic mass is 10.1. The minimum Gasteiger partial charge on any atom is -0.504 e. The lowest BCUT2D eigenvalue weighted by Gasteiger charge is -2.05. The van der Waals surface area contributed by atoms with Crippen molar-refractivity contribution in [2.24, 2.45) is 0 Å². The normalized spacial score (nSPS) is 10.6. The molecule has 0 spiro atoms. The van der Waals surface area contributed by atoms with Crippen molar-refractivity contribution in [3.63, 3.8) is 0 Å². The van der Waals surface area contributed by atoms with E-state index in [0.29, 0.717) is 5.75 Å². The van der Waals surface area contributed by atoms with Crippen LogP contribution in [-0.4, -0.2) is 12.2 Å². The number of aromatic hydroxyl groups is 1. The van der Waals surface area contributed by atoms with Crippen LogP contribution in [0.4, 0.5) is 0 Å². The number of phenols is 1. The van der Waals surface area contributed by atoms with Crippen LogP contribution in [0.15, 0.2) is 17.5 Å². The largest absolute Gasteiger partial charge is 0.504 e. The van der Waals surface area contributed by atoms with Gasteiger partial charge in [0.05, 0.1) is 7.11 Å². The predicted octanol–water partition coefficient (Wildman–Crippen LogP) is 2.92. The molecule has 0 unspecified atom stereocenters. The second kappa shape index (κ2) is 2.92. The smallest absolute Gasteiger partial charge is 0.166 e. The highest BCUT2D eigenvalue weighted by Crippen LogP contribution is 2.38. The molecule has 2 nitrogen and oxygen atoms in total. The van der Waals surface area contributed by atoms with Gasteiger partial charge in [-0.1, -0.05) is 0 Å². The molecule has 68 valence electrons. The summed E-state index contributed by atoms with van der Waals surface area (Å²) >= 11 is 1.63. The third-order valence-corrected chi connectivity index (χ3v) is 3.13. The standard InChI is InChI=1S/C10H10O2S/c1-6-5-8(12-2)9(11)7-3-4-13-10(6)7/h3-5,11H,1-2H3. The van der Waals surface area contributed by atoms with Crippen LogP contribution in [0.3, 0.4) is 0 Å². The van der Waals surface area contributed by atoms with Gasteiger partial charge in [-0.2, -0.15) is 0 Å². The number of ether oxygens (including phenoxy) is 1. The summed E-state index contributed by atoms with van der Waals surface area (Å²) in [5.74, 6) is 0.785. The Morgan fingerprint density at radius 1 is 1.46 bits per heavy atom. The Kier molecular flexibility index (Phi) is 1.88. The van der Waals surface area contributed by atoms with Crippen molar-refractivity contribution in [3.05, 3.63) is 23.1 Å². The van der Waals surface area contributed by atoms with Crippen LogP contribution in [-0.2, 0) is 0 Å². The molecule has 0 fully saturated rings. The number of benzene rings is 1. The molecule has 0 aliphatic rings. The number of rotatable bonds is 1. The maximum atomic E-state index is 9.74. The summed E-state index contributed by atoms with van der Waals surface area (Å²) in [5.41, 5.74) is 1.14. The van der Waals surface area contributed by atoms with E-state index in [2.05, 4.69) is 0 Å². The second-order valence-electron chi connectivity index (χ2n) is 2.91. The zero-order valence-electron chi connectivity index (χ0n) is 7.50. The Morgan fingerprint density at radius 3 is 2.92 bits per heavy atom. The molecule has 1 aromatic heterocycles. The fourth-order valence-electron chi connectivity index (χ4n) is 1.42. The Morgan fingerprint density at radius 2 is 2.23 bits per heavy atom. The maximum absolute atomic E-state index is 9.74. The lowest BCUT2D eigenvalue weighted by Crippen LogP contribution is -1.85. The first-order valence-corrected chi connectivity index (χ1v) is 4.85. The first-order valence-electron chi connectivity index (χ1n) is 3.98.